The third-order valence-electron chi connectivity index (χ3n) is 4.79. The van der Waals surface area contributed by atoms with Gasteiger partial charge in [-0.15, -0.1) is 0 Å². The van der Waals surface area contributed by atoms with E-state index in [1.165, 1.54) is 17.3 Å². The molecule has 0 saturated carbocycles. The number of hydrogen-bond donors (Lipinski definition) is 1. The maximum atomic E-state index is 12.3. The van der Waals surface area contributed by atoms with Gasteiger partial charge < -0.3 is 4.57 Å². The number of benzene rings is 3. The average Bonchev–Trinajstić information content (AvgIpc) is 3.16. The van der Waals surface area contributed by atoms with Crippen molar-refractivity contribution in [2.45, 2.75) is 18.6 Å². The molecule has 1 aromatic heterocycles. The summed E-state index contributed by atoms with van der Waals surface area (Å²) < 4.78 is 2.15. The summed E-state index contributed by atoms with van der Waals surface area (Å²) in [6.07, 6.45) is 3.66. The quantitative estimate of drug-likeness (QED) is 0.227. The van der Waals surface area contributed by atoms with E-state index in [4.69, 9.17) is 4.98 Å². The molecule has 4 rings (SSSR count). The number of aromatic nitrogens is 2. The van der Waals surface area contributed by atoms with Gasteiger partial charge in [0.05, 0.1) is 29.5 Å². The molecule has 0 radical (unpaired) electrons. The van der Waals surface area contributed by atoms with E-state index < -0.39 is 0 Å². The summed E-state index contributed by atoms with van der Waals surface area (Å²) in [5.41, 5.74) is 7.81. The fourth-order valence-corrected chi connectivity index (χ4v) is 4.11. The average molecular weight is 441 g/mol. The molecule has 0 unspecified atom stereocenters. The molecular formula is C26H24N4OS. The van der Waals surface area contributed by atoms with Crippen molar-refractivity contribution in [3.8, 4) is 0 Å². The number of para-hydroxylation sites is 2. The highest BCUT2D eigenvalue weighted by Gasteiger charge is 2.13. The number of hydrazone groups is 1. The Morgan fingerprint density at radius 1 is 1.00 bits per heavy atom. The highest BCUT2D eigenvalue weighted by atomic mass is 32.2. The van der Waals surface area contributed by atoms with Crippen molar-refractivity contribution < 1.29 is 4.79 Å². The van der Waals surface area contributed by atoms with Crippen LogP contribution in [0.1, 0.15) is 18.1 Å². The molecule has 1 heterocycles. The van der Waals surface area contributed by atoms with Gasteiger partial charge in [-0.25, -0.2) is 10.4 Å². The van der Waals surface area contributed by atoms with Crippen LogP contribution >= 0.6 is 11.8 Å². The maximum Gasteiger partial charge on any atom is 0.250 e. The summed E-state index contributed by atoms with van der Waals surface area (Å²) in [6, 6.07) is 28.3. The molecule has 32 heavy (non-hydrogen) atoms. The van der Waals surface area contributed by atoms with Crippen molar-refractivity contribution >= 4 is 41.0 Å². The number of hydrogen-bond acceptors (Lipinski definition) is 4. The molecule has 0 atom stereocenters. The number of nitrogens with zero attached hydrogens (tertiary/aromatic N) is 3. The van der Waals surface area contributed by atoms with E-state index in [-0.39, 0.29) is 11.7 Å². The highest BCUT2D eigenvalue weighted by molar-refractivity contribution is 7.99. The summed E-state index contributed by atoms with van der Waals surface area (Å²) in [5.74, 6) is 0.0637. The van der Waals surface area contributed by atoms with Crippen LogP contribution < -0.4 is 5.43 Å². The van der Waals surface area contributed by atoms with Crippen LogP contribution in [0.15, 0.2) is 101 Å². The van der Waals surface area contributed by atoms with Crippen LogP contribution in [0.25, 0.3) is 17.1 Å². The van der Waals surface area contributed by atoms with E-state index in [1.807, 2.05) is 79.7 Å². The Kier molecular flexibility index (Phi) is 7.15. The normalized spacial score (nSPS) is 11.8. The minimum absolute atomic E-state index is 0.169. The van der Waals surface area contributed by atoms with Crippen molar-refractivity contribution in [1.29, 1.82) is 0 Å². The van der Waals surface area contributed by atoms with E-state index in [1.54, 1.807) is 6.21 Å². The zero-order valence-corrected chi connectivity index (χ0v) is 18.6. The second-order valence-corrected chi connectivity index (χ2v) is 8.28. The number of nitrogens with one attached hydrogen (secondary N) is 1. The summed E-state index contributed by atoms with van der Waals surface area (Å²) >= 11 is 1.41. The standard InChI is InChI=1S/C26H24N4OS/c1-20(16-21-10-4-2-5-11-21)17-27-29-25(31)19-32-26-28-23-14-8-9-15-24(23)30(26)18-22-12-6-3-7-13-22/h2-17H,18-19H2,1H3,(H,29,31)/b20-16+,27-17-. The number of amides is 1. The third kappa shape index (κ3) is 5.74. The maximum absolute atomic E-state index is 12.3. The molecule has 5 nitrogen and oxygen atoms in total. The number of allylic oxidation sites excluding steroid dienone is 1. The van der Waals surface area contributed by atoms with Gasteiger partial charge in [-0.05, 0) is 35.8 Å². The van der Waals surface area contributed by atoms with Crippen molar-refractivity contribution in [2.24, 2.45) is 5.10 Å². The first-order valence-electron chi connectivity index (χ1n) is 10.4. The Morgan fingerprint density at radius 3 is 2.47 bits per heavy atom. The van der Waals surface area contributed by atoms with Crippen LogP contribution in [0.2, 0.25) is 0 Å². The fourth-order valence-electron chi connectivity index (χ4n) is 3.30. The predicted octanol–water partition coefficient (Wildman–Crippen LogP) is 5.38. The lowest BCUT2D eigenvalue weighted by molar-refractivity contribution is -0.118. The van der Waals surface area contributed by atoms with Crippen LogP contribution in [0.5, 0.6) is 0 Å². The monoisotopic (exact) mass is 440 g/mol. The minimum atomic E-state index is -0.169. The minimum Gasteiger partial charge on any atom is -0.314 e. The Morgan fingerprint density at radius 2 is 1.69 bits per heavy atom. The van der Waals surface area contributed by atoms with Crippen LogP contribution in [0.3, 0.4) is 0 Å². The summed E-state index contributed by atoms with van der Waals surface area (Å²) in [7, 11) is 0. The predicted molar refractivity (Wildman–Crippen MR) is 133 cm³/mol. The van der Waals surface area contributed by atoms with Crippen molar-refractivity contribution in [3.05, 3.63) is 102 Å². The largest absolute Gasteiger partial charge is 0.314 e. The molecular weight excluding hydrogens is 416 g/mol. The molecule has 160 valence electrons. The van der Waals surface area contributed by atoms with Crippen molar-refractivity contribution in [1.82, 2.24) is 15.0 Å². The summed E-state index contributed by atoms with van der Waals surface area (Å²) in [5, 5.41) is 4.89. The number of fused-ring (bicyclic) bond motifs is 1. The molecule has 6 heteroatoms. The molecule has 0 spiro atoms. The number of imidazole rings is 1. The van der Waals surface area contributed by atoms with E-state index in [0.717, 1.165) is 27.3 Å². The molecule has 4 aromatic rings. The lowest BCUT2D eigenvalue weighted by Crippen LogP contribution is -2.20. The van der Waals surface area contributed by atoms with E-state index in [9.17, 15) is 4.79 Å². The summed E-state index contributed by atoms with van der Waals surface area (Å²) in [6.45, 7) is 2.65. The number of thioether (sulfide) groups is 1. The van der Waals surface area contributed by atoms with Crippen LogP contribution in [-0.2, 0) is 11.3 Å². The van der Waals surface area contributed by atoms with Gasteiger partial charge in [0.2, 0.25) is 0 Å². The SMILES string of the molecule is CC(/C=N\NC(=O)CSc1nc2ccccc2n1Cc1ccccc1)=C\c1ccccc1. The fraction of sp³-hybridized carbons (Fsp3) is 0.115. The highest BCUT2D eigenvalue weighted by Crippen LogP contribution is 2.25. The Bertz CT molecular complexity index is 1250. The van der Waals surface area contributed by atoms with Gasteiger partial charge in [0.25, 0.3) is 5.91 Å². The Balaban J connectivity index is 1.40. The van der Waals surface area contributed by atoms with Gasteiger partial charge in [0, 0.05) is 0 Å². The number of carbonyl (C=O) groups is 1. The first-order valence-corrected chi connectivity index (χ1v) is 11.3. The third-order valence-corrected chi connectivity index (χ3v) is 5.76. The number of rotatable bonds is 8. The van der Waals surface area contributed by atoms with Gasteiger partial charge in [-0.3, -0.25) is 4.79 Å². The molecule has 3 aromatic carbocycles. The topological polar surface area (TPSA) is 59.3 Å². The van der Waals surface area contributed by atoms with Crippen molar-refractivity contribution in [2.75, 3.05) is 5.75 Å². The Hall–Kier alpha value is -3.64. The molecule has 0 aliphatic carbocycles. The lowest BCUT2D eigenvalue weighted by atomic mass is 10.1. The Labute approximate surface area is 191 Å². The zero-order valence-electron chi connectivity index (χ0n) is 17.8. The smallest absolute Gasteiger partial charge is 0.250 e. The first kappa shape index (κ1) is 21.6. The van der Waals surface area contributed by atoms with Crippen LogP contribution in [0, 0.1) is 0 Å². The van der Waals surface area contributed by atoms with Crippen LogP contribution in [0.4, 0.5) is 0 Å². The van der Waals surface area contributed by atoms with E-state index >= 15 is 0 Å². The van der Waals surface area contributed by atoms with Crippen LogP contribution in [-0.4, -0.2) is 27.4 Å². The first-order chi connectivity index (χ1) is 15.7. The van der Waals surface area contributed by atoms with Gasteiger partial charge in [-0.2, -0.15) is 5.10 Å². The lowest BCUT2D eigenvalue weighted by Gasteiger charge is -2.09. The molecule has 0 bridgehead atoms. The van der Waals surface area contributed by atoms with E-state index in [2.05, 4.69) is 33.3 Å². The molecule has 0 aliphatic heterocycles. The zero-order chi connectivity index (χ0) is 22.2. The van der Waals surface area contributed by atoms with Crippen molar-refractivity contribution in [3.63, 3.8) is 0 Å². The van der Waals surface area contributed by atoms with E-state index in [0.29, 0.717) is 6.54 Å². The second-order valence-electron chi connectivity index (χ2n) is 7.34. The number of carbonyl (C=O) groups excluding carboxylic acids is 1. The van der Waals surface area contributed by atoms with Gasteiger partial charge in [0.1, 0.15) is 0 Å². The van der Waals surface area contributed by atoms with Gasteiger partial charge in [-0.1, -0.05) is 90.6 Å². The molecule has 0 aliphatic rings. The van der Waals surface area contributed by atoms with Gasteiger partial charge in [0.15, 0.2) is 5.16 Å². The van der Waals surface area contributed by atoms with Gasteiger partial charge >= 0.3 is 0 Å². The summed E-state index contributed by atoms with van der Waals surface area (Å²) in [4.78, 5) is 17.1. The second kappa shape index (κ2) is 10.6. The molecule has 1 amide bonds. The molecule has 0 saturated heterocycles. The molecule has 1 N–H and O–H groups in total. The molecule has 0 fully saturated rings.